The van der Waals surface area contributed by atoms with Crippen LogP contribution in [0.3, 0.4) is 0 Å². The molecule has 0 atom stereocenters. The molecule has 0 heterocycles. The molecule has 1 aromatic rings. The Kier molecular flexibility index (Phi) is 3.39. The molecule has 0 aromatic heterocycles. The van der Waals surface area contributed by atoms with Crippen LogP contribution in [-0.2, 0) is 6.42 Å². The normalized spacial score (nSPS) is 11.6. The molecule has 0 saturated carbocycles. The average molecular weight is 182 g/mol. The van der Waals surface area contributed by atoms with Crippen molar-refractivity contribution >= 4 is 0 Å². The van der Waals surface area contributed by atoms with Gasteiger partial charge in [0.15, 0.2) is 0 Å². The molecule has 0 bridgehead atoms. The third-order valence-corrected chi connectivity index (χ3v) is 1.89. The molecule has 0 amide bonds. The van der Waals surface area contributed by atoms with Gasteiger partial charge in [-0.05, 0) is 12.5 Å². The first-order valence-corrected chi connectivity index (χ1v) is 4.07. The van der Waals surface area contributed by atoms with Gasteiger partial charge in [-0.15, -0.1) is 0 Å². The highest BCUT2D eigenvalue weighted by Crippen LogP contribution is 2.08. The molecule has 1 rings (SSSR count). The first-order valence-electron chi connectivity index (χ1n) is 4.07. The standard InChI is InChI=1S/C9H14N2O2/c1-9(10-12,11-13)7-8-5-3-2-4-6-8/h2-6,10-13H,7H2,1H3. The maximum absolute atomic E-state index is 8.77. The van der Waals surface area contributed by atoms with Gasteiger partial charge in [-0.25, -0.2) is 0 Å². The van der Waals surface area contributed by atoms with Crippen LogP contribution in [-0.4, -0.2) is 16.1 Å². The predicted octanol–water partition coefficient (Wildman–Crippen LogP) is 0.903. The van der Waals surface area contributed by atoms with Crippen LogP contribution in [0, 0.1) is 0 Å². The number of nitrogens with one attached hydrogen (secondary N) is 2. The minimum Gasteiger partial charge on any atom is -0.315 e. The third kappa shape index (κ3) is 2.78. The van der Waals surface area contributed by atoms with E-state index in [4.69, 9.17) is 10.4 Å². The van der Waals surface area contributed by atoms with Crippen LogP contribution in [0.2, 0.25) is 0 Å². The molecular weight excluding hydrogens is 168 g/mol. The molecule has 13 heavy (non-hydrogen) atoms. The van der Waals surface area contributed by atoms with Crippen molar-refractivity contribution in [3.63, 3.8) is 0 Å². The first kappa shape index (κ1) is 10.1. The van der Waals surface area contributed by atoms with Gasteiger partial charge in [-0.3, -0.25) is 0 Å². The molecule has 0 saturated heterocycles. The zero-order valence-corrected chi connectivity index (χ0v) is 7.49. The second-order valence-electron chi connectivity index (χ2n) is 3.22. The number of benzene rings is 1. The summed E-state index contributed by atoms with van der Waals surface area (Å²) in [4.78, 5) is 0. The lowest BCUT2D eigenvalue weighted by Gasteiger charge is -2.25. The minimum absolute atomic E-state index is 0.487. The van der Waals surface area contributed by atoms with Crippen LogP contribution in [0.1, 0.15) is 12.5 Å². The quantitative estimate of drug-likeness (QED) is 0.412. The average Bonchev–Trinajstić information content (AvgIpc) is 2.19. The summed E-state index contributed by atoms with van der Waals surface area (Å²) in [5.41, 5.74) is 4.15. The molecule has 4 heteroatoms. The van der Waals surface area contributed by atoms with E-state index in [1.807, 2.05) is 41.3 Å². The number of hydrogen-bond donors (Lipinski definition) is 4. The SMILES string of the molecule is CC(Cc1ccccc1)(NO)NO. The third-order valence-electron chi connectivity index (χ3n) is 1.89. The van der Waals surface area contributed by atoms with Gasteiger partial charge >= 0.3 is 0 Å². The number of rotatable bonds is 4. The first-order chi connectivity index (χ1) is 6.20. The predicted molar refractivity (Wildman–Crippen MR) is 48.4 cm³/mol. The van der Waals surface area contributed by atoms with Crippen molar-refractivity contribution in [1.29, 1.82) is 0 Å². The summed E-state index contributed by atoms with van der Waals surface area (Å²) in [6.45, 7) is 1.65. The summed E-state index contributed by atoms with van der Waals surface area (Å²) in [6.07, 6.45) is 0.487. The smallest absolute Gasteiger partial charge is 0.116 e. The van der Waals surface area contributed by atoms with Crippen molar-refractivity contribution in [1.82, 2.24) is 11.0 Å². The van der Waals surface area contributed by atoms with E-state index in [-0.39, 0.29) is 0 Å². The topological polar surface area (TPSA) is 64.5 Å². The van der Waals surface area contributed by atoms with Gasteiger partial charge in [0.05, 0.1) is 0 Å². The van der Waals surface area contributed by atoms with Crippen molar-refractivity contribution in [2.24, 2.45) is 0 Å². The Morgan fingerprint density at radius 1 is 1.15 bits per heavy atom. The Bertz CT molecular complexity index is 247. The molecular formula is C9H14N2O2. The number of hydrogen-bond acceptors (Lipinski definition) is 4. The van der Waals surface area contributed by atoms with Crippen molar-refractivity contribution in [2.45, 2.75) is 19.0 Å². The molecule has 0 aliphatic carbocycles. The summed E-state index contributed by atoms with van der Waals surface area (Å²) < 4.78 is 0. The Labute approximate surface area is 77.1 Å². The van der Waals surface area contributed by atoms with Crippen molar-refractivity contribution in [3.8, 4) is 0 Å². The van der Waals surface area contributed by atoms with E-state index in [0.717, 1.165) is 5.56 Å². The van der Waals surface area contributed by atoms with Crippen molar-refractivity contribution < 1.29 is 10.4 Å². The fraction of sp³-hybridized carbons (Fsp3) is 0.333. The van der Waals surface area contributed by atoms with E-state index in [0.29, 0.717) is 6.42 Å². The molecule has 4 N–H and O–H groups in total. The highest BCUT2D eigenvalue weighted by molar-refractivity contribution is 5.16. The maximum atomic E-state index is 8.77. The maximum Gasteiger partial charge on any atom is 0.116 e. The highest BCUT2D eigenvalue weighted by atomic mass is 16.5. The van der Waals surface area contributed by atoms with Gasteiger partial charge in [-0.2, -0.15) is 11.0 Å². The van der Waals surface area contributed by atoms with Crippen LogP contribution >= 0.6 is 0 Å². The molecule has 0 spiro atoms. The zero-order chi connectivity index (χ0) is 9.73. The van der Waals surface area contributed by atoms with Crippen LogP contribution in [0.5, 0.6) is 0 Å². The van der Waals surface area contributed by atoms with Gasteiger partial charge in [0.25, 0.3) is 0 Å². The van der Waals surface area contributed by atoms with Gasteiger partial charge < -0.3 is 10.4 Å². The van der Waals surface area contributed by atoms with Crippen LogP contribution in [0.25, 0.3) is 0 Å². The van der Waals surface area contributed by atoms with Gasteiger partial charge in [0.2, 0.25) is 0 Å². The highest BCUT2D eigenvalue weighted by Gasteiger charge is 2.21. The monoisotopic (exact) mass is 182 g/mol. The molecule has 0 radical (unpaired) electrons. The summed E-state index contributed by atoms with van der Waals surface area (Å²) >= 11 is 0. The van der Waals surface area contributed by atoms with Gasteiger partial charge in [0.1, 0.15) is 5.66 Å². The molecule has 0 fully saturated rings. The largest absolute Gasteiger partial charge is 0.315 e. The van der Waals surface area contributed by atoms with Gasteiger partial charge in [-0.1, -0.05) is 30.3 Å². The Morgan fingerprint density at radius 2 is 1.69 bits per heavy atom. The second kappa shape index (κ2) is 4.34. The lowest BCUT2D eigenvalue weighted by atomic mass is 10.0. The van der Waals surface area contributed by atoms with Crippen molar-refractivity contribution in [3.05, 3.63) is 35.9 Å². The summed E-state index contributed by atoms with van der Waals surface area (Å²) in [6, 6.07) is 9.58. The zero-order valence-electron chi connectivity index (χ0n) is 7.49. The molecule has 4 nitrogen and oxygen atoms in total. The molecule has 0 aliphatic heterocycles. The lowest BCUT2D eigenvalue weighted by Crippen LogP contribution is -2.53. The molecule has 1 aromatic carbocycles. The van der Waals surface area contributed by atoms with Crippen LogP contribution in [0.4, 0.5) is 0 Å². The second-order valence-corrected chi connectivity index (χ2v) is 3.22. The van der Waals surface area contributed by atoms with E-state index < -0.39 is 5.66 Å². The van der Waals surface area contributed by atoms with Gasteiger partial charge in [0, 0.05) is 6.42 Å². The lowest BCUT2D eigenvalue weighted by molar-refractivity contribution is -0.0339. The van der Waals surface area contributed by atoms with Crippen LogP contribution in [0.15, 0.2) is 30.3 Å². The van der Waals surface area contributed by atoms with E-state index in [9.17, 15) is 0 Å². The fourth-order valence-corrected chi connectivity index (χ4v) is 1.11. The van der Waals surface area contributed by atoms with E-state index in [1.165, 1.54) is 0 Å². The molecule has 72 valence electrons. The number of hydroxylamine groups is 2. The minimum atomic E-state index is -0.901. The van der Waals surface area contributed by atoms with Crippen LogP contribution < -0.4 is 11.0 Å². The summed E-state index contributed by atoms with van der Waals surface area (Å²) in [5, 5.41) is 17.5. The Morgan fingerprint density at radius 3 is 2.15 bits per heavy atom. The molecule has 0 aliphatic rings. The summed E-state index contributed by atoms with van der Waals surface area (Å²) in [7, 11) is 0. The molecule has 0 unspecified atom stereocenters. The summed E-state index contributed by atoms with van der Waals surface area (Å²) in [5.74, 6) is 0. The van der Waals surface area contributed by atoms with E-state index >= 15 is 0 Å². The van der Waals surface area contributed by atoms with E-state index in [1.54, 1.807) is 6.92 Å². The van der Waals surface area contributed by atoms with E-state index in [2.05, 4.69) is 0 Å². The van der Waals surface area contributed by atoms with Crippen molar-refractivity contribution in [2.75, 3.05) is 0 Å². The Balaban J connectivity index is 2.68. The Hall–Kier alpha value is -0.940. The fourth-order valence-electron chi connectivity index (χ4n) is 1.11.